The van der Waals surface area contributed by atoms with Crippen molar-refractivity contribution in [1.82, 2.24) is 5.32 Å². The van der Waals surface area contributed by atoms with Crippen molar-refractivity contribution >= 4 is 0 Å². The fraction of sp³-hybridized carbons (Fsp3) is 0.571. The smallest absolute Gasteiger partial charge is 0.122 e. The number of hydrogen-bond donors (Lipinski definition) is 2. The van der Waals surface area contributed by atoms with Crippen LogP contribution in [0, 0.1) is 0 Å². The van der Waals surface area contributed by atoms with Gasteiger partial charge in [0.15, 0.2) is 0 Å². The second kappa shape index (κ2) is 5.52. The van der Waals surface area contributed by atoms with Gasteiger partial charge in [-0.05, 0) is 30.5 Å². The Morgan fingerprint density at radius 2 is 2.29 bits per heavy atom. The molecular weight excluding hydrogens is 214 g/mol. The summed E-state index contributed by atoms with van der Waals surface area (Å²) in [5.74, 6) is 1.02. The van der Waals surface area contributed by atoms with Crippen molar-refractivity contribution in [1.29, 1.82) is 0 Å². The second-order valence-electron chi connectivity index (χ2n) is 4.64. The van der Waals surface area contributed by atoms with Crippen LogP contribution in [0.3, 0.4) is 0 Å². The Bertz CT molecular complexity index is 374. The van der Waals surface area contributed by atoms with E-state index in [0.29, 0.717) is 0 Å². The maximum atomic E-state index is 9.19. The van der Waals surface area contributed by atoms with Gasteiger partial charge in [0, 0.05) is 18.5 Å². The van der Waals surface area contributed by atoms with Gasteiger partial charge in [0.05, 0.1) is 13.2 Å². The summed E-state index contributed by atoms with van der Waals surface area (Å²) >= 11 is 0. The second-order valence-corrected chi connectivity index (χ2v) is 4.64. The zero-order valence-corrected chi connectivity index (χ0v) is 10.6. The molecule has 0 saturated heterocycles. The number of hydrogen-bond acceptors (Lipinski definition) is 3. The van der Waals surface area contributed by atoms with Gasteiger partial charge in [-0.15, -0.1) is 0 Å². The van der Waals surface area contributed by atoms with E-state index in [1.54, 1.807) is 0 Å². The Hall–Kier alpha value is -1.06. The molecule has 2 atom stereocenters. The van der Waals surface area contributed by atoms with Gasteiger partial charge in [0.2, 0.25) is 0 Å². The minimum atomic E-state index is 0.175. The number of benzene rings is 1. The number of aliphatic hydroxyl groups is 1. The molecule has 1 aromatic rings. The largest absolute Gasteiger partial charge is 0.493 e. The standard InChI is InChI=1S/C14H21NO2/c1-3-13(9-16)15-10(2)11-4-5-14-12(8-11)6-7-17-14/h4-5,8,10,13,15-16H,3,6-7,9H2,1-2H3. The normalized spacial score (nSPS) is 17.4. The fourth-order valence-electron chi connectivity index (χ4n) is 2.23. The van der Waals surface area contributed by atoms with E-state index in [9.17, 15) is 5.11 Å². The first-order valence-electron chi connectivity index (χ1n) is 6.37. The van der Waals surface area contributed by atoms with E-state index in [1.807, 2.05) is 0 Å². The topological polar surface area (TPSA) is 41.5 Å². The minimum Gasteiger partial charge on any atom is -0.493 e. The maximum absolute atomic E-state index is 9.19. The molecular formula is C14H21NO2. The van der Waals surface area contributed by atoms with Crippen LogP contribution in [0.1, 0.15) is 37.4 Å². The van der Waals surface area contributed by atoms with Crippen molar-refractivity contribution in [2.75, 3.05) is 13.2 Å². The van der Waals surface area contributed by atoms with Gasteiger partial charge in [0.1, 0.15) is 5.75 Å². The Kier molecular flexibility index (Phi) is 4.02. The first-order chi connectivity index (χ1) is 8.24. The first-order valence-corrected chi connectivity index (χ1v) is 6.37. The lowest BCUT2D eigenvalue weighted by molar-refractivity contribution is 0.230. The zero-order valence-electron chi connectivity index (χ0n) is 10.6. The van der Waals surface area contributed by atoms with E-state index >= 15 is 0 Å². The highest BCUT2D eigenvalue weighted by Gasteiger charge is 2.16. The molecule has 0 saturated carbocycles. The molecule has 3 heteroatoms. The summed E-state index contributed by atoms with van der Waals surface area (Å²) < 4.78 is 5.50. The maximum Gasteiger partial charge on any atom is 0.122 e. The third-order valence-corrected chi connectivity index (χ3v) is 3.41. The molecule has 94 valence electrons. The lowest BCUT2D eigenvalue weighted by Gasteiger charge is -2.21. The molecule has 0 spiro atoms. The van der Waals surface area contributed by atoms with E-state index in [4.69, 9.17) is 4.74 Å². The van der Waals surface area contributed by atoms with Crippen molar-refractivity contribution in [3.63, 3.8) is 0 Å². The summed E-state index contributed by atoms with van der Waals surface area (Å²) in [6.07, 6.45) is 1.95. The van der Waals surface area contributed by atoms with Crippen molar-refractivity contribution in [2.24, 2.45) is 0 Å². The summed E-state index contributed by atoms with van der Waals surface area (Å²) in [6, 6.07) is 6.80. The molecule has 0 fully saturated rings. The highest BCUT2D eigenvalue weighted by molar-refractivity contribution is 5.40. The van der Waals surface area contributed by atoms with Crippen LogP contribution in [0.2, 0.25) is 0 Å². The predicted molar refractivity (Wildman–Crippen MR) is 68.4 cm³/mol. The zero-order chi connectivity index (χ0) is 12.3. The quantitative estimate of drug-likeness (QED) is 0.820. The average molecular weight is 235 g/mol. The Balaban J connectivity index is 2.06. The lowest BCUT2D eigenvalue weighted by atomic mass is 10.0. The number of rotatable bonds is 5. The van der Waals surface area contributed by atoms with E-state index in [2.05, 4.69) is 37.4 Å². The Labute approximate surface area is 103 Å². The van der Waals surface area contributed by atoms with Gasteiger partial charge in [-0.25, -0.2) is 0 Å². The van der Waals surface area contributed by atoms with E-state index in [1.165, 1.54) is 11.1 Å². The van der Waals surface area contributed by atoms with Crippen LogP contribution in [-0.2, 0) is 6.42 Å². The van der Waals surface area contributed by atoms with Crippen molar-refractivity contribution in [3.8, 4) is 5.75 Å². The molecule has 0 radical (unpaired) electrons. The van der Waals surface area contributed by atoms with Crippen LogP contribution in [-0.4, -0.2) is 24.4 Å². The number of nitrogens with one attached hydrogen (secondary N) is 1. The lowest BCUT2D eigenvalue weighted by Crippen LogP contribution is -2.33. The van der Waals surface area contributed by atoms with Crippen molar-refractivity contribution < 1.29 is 9.84 Å². The van der Waals surface area contributed by atoms with Gasteiger partial charge >= 0.3 is 0 Å². The third kappa shape index (κ3) is 2.79. The van der Waals surface area contributed by atoms with Crippen LogP contribution in [0.25, 0.3) is 0 Å². The van der Waals surface area contributed by atoms with Crippen LogP contribution in [0.15, 0.2) is 18.2 Å². The predicted octanol–water partition coefficient (Wildman–Crippen LogP) is 2.04. The average Bonchev–Trinajstić information content (AvgIpc) is 2.82. The van der Waals surface area contributed by atoms with E-state index < -0.39 is 0 Å². The van der Waals surface area contributed by atoms with Crippen molar-refractivity contribution in [2.45, 2.75) is 38.8 Å². The molecule has 2 rings (SSSR count). The number of ether oxygens (including phenoxy) is 1. The van der Waals surface area contributed by atoms with Crippen molar-refractivity contribution in [3.05, 3.63) is 29.3 Å². The van der Waals surface area contributed by atoms with E-state index in [-0.39, 0.29) is 18.7 Å². The van der Waals surface area contributed by atoms with Crippen LogP contribution >= 0.6 is 0 Å². The molecule has 2 N–H and O–H groups in total. The van der Waals surface area contributed by atoms with Crippen LogP contribution < -0.4 is 10.1 Å². The first kappa shape index (κ1) is 12.4. The molecule has 1 heterocycles. The molecule has 0 aliphatic carbocycles. The van der Waals surface area contributed by atoms with Gasteiger partial charge < -0.3 is 15.2 Å². The molecule has 0 aromatic heterocycles. The Morgan fingerprint density at radius 1 is 1.47 bits per heavy atom. The van der Waals surface area contributed by atoms with Gasteiger partial charge in [-0.2, -0.15) is 0 Å². The summed E-state index contributed by atoms with van der Waals surface area (Å²) in [4.78, 5) is 0. The molecule has 1 aromatic carbocycles. The molecule has 1 aliphatic rings. The fourth-order valence-corrected chi connectivity index (χ4v) is 2.23. The number of aliphatic hydroxyl groups excluding tert-OH is 1. The van der Waals surface area contributed by atoms with Gasteiger partial charge in [0.25, 0.3) is 0 Å². The molecule has 0 amide bonds. The molecule has 0 bridgehead atoms. The monoisotopic (exact) mass is 235 g/mol. The minimum absolute atomic E-state index is 0.175. The molecule has 1 aliphatic heterocycles. The molecule has 17 heavy (non-hydrogen) atoms. The van der Waals surface area contributed by atoms with Gasteiger partial charge in [-0.3, -0.25) is 0 Å². The highest BCUT2D eigenvalue weighted by Crippen LogP contribution is 2.28. The summed E-state index contributed by atoms with van der Waals surface area (Å²) in [6.45, 7) is 5.21. The van der Waals surface area contributed by atoms with Crippen LogP contribution in [0.4, 0.5) is 0 Å². The van der Waals surface area contributed by atoms with Crippen LogP contribution in [0.5, 0.6) is 5.75 Å². The third-order valence-electron chi connectivity index (χ3n) is 3.41. The molecule has 2 unspecified atom stereocenters. The molecule has 3 nitrogen and oxygen atoms in total. The summed E-state index contributed by atoms with van der Waals surface area (Å²) in [7, 11) is 0. The number of fused-ring (bicyclic) bond motifs is 1. The Morgan fingerprint density at radius 3 is 3.00 bits per heavy atom. The SMILES string of the molecule is CCC(CO)NC(C)c1ccc2c(c1)CCO2. The van der Waals surface area contributed by atoms with Gasteiger partial charge in [-0.1, -0.05) is 19.1 Å². The summed E-state index contributed by atoms with van der Waals surface area (Å²) in [5, 5.41) is 12.6. The highest BCUT2D eigenvalue weighted by atomic mass is 16.5. The van der Waals surface area contributed by atoms with E-state index in [0.717, 1.165) is 25.2 Å². The summed E-state index contributed by atoms with van der Waals surface area (Å²) in [5.41, 5.74) is 2.56.